The Balaban J connectivity index is 1.63. The van der Waals surface area contributed by atoms with Gasteiger partial charge in [-0.3, -0.25) is 0 Å². The van der Waals surface area contributed by atoms with Gasteiger partial charge in [-0.15, -0.1) is 11.3 Å². The van der Waals surface area contributed by atoms with Crippen molar-refractivity contribution in [2.45, 2.75) is 36.3 Å². The molecule has 0 atom stereocenters. The summed E-state index contributed by atoms with van der Waals surface area (Å²) in [5.74, 6) is -0.237. The molecule has 0 amide bonds. The molecule has 3 nitrogen and oxygen atoms in total. The number of fused-ring (bicyclic) bond motifs is 5. The SMILES string of the molecule is CC(C)N(C)CCOCc1nc2c(s1)-c1ccccc1Sc1ccc(F)cc1-2. The summed E-state index contributed by atoms with van der Waals surface area (Å²) >= 11 is 3.31. The minimum absolute atomic E-state index is 0.237. The van der Waals surface area contributed by atoms with Crippen LogP contribution in [0.5, 0.6) is 0 Å². The monoisotopic (exact) mass is 414 g/mol. The molecule has 2 aromatic carbocycles. The van der Waals surface area contributed by atoms with Gasteiger partial charge in [0.25, 0.3) is 0 Å². The van der Waals surface area contributed by atoms with E-state index in [-0.39, 0.29) is 5.82 Å². The number of hydrogen-bond acceptors (Lipinski definition) is 5. The van der Waals surface area contributed by atoms with Crippen LogP contribution in [0, 0.1) is 5.82 Å². The van der Waals surface area contributed by atoms with Crippen LogP contribution in [0.25, 0.3) is 21.7 Å². The van der Waals surface area contributed by atoms with Gasteiger partial charge < -0.3 is 9.64 Å². The van der Waals surface area contributed by atoms with Crippen LogP contribution in [0.3, 0.4) is 0 Å². The molecule has 3 aromatic rings. The summed E-state index contributed by atoms with van der Waals surface area (Å²) in [5.41, 5.74) is 2.87. The number of aromatic nitrogens is 1. The molecule has 0 bridgehead atoms. The van der Waals surface area contributed by atoms with Crippen LogP contribution in [-0.2, 0) is 11.3 Å². The summed E-state index contributed by atoms with van der Waals surface area (Å²) in [6.07, 6.45) is 0. The first-order chi connectivity index (χ1) is 13.5. The zero-order valence-electron chi connectivity index (χ0n) is 16.2. The van der Waals surface area contributed by atoms with E-state index in [1.54, 1.807) is 29.2 Å². The van der Waals surface area contributed by atoms with E-state index < -0.39 is 0 Å². The van der Waals surface area contributed by atoms with Crippen LogP contribution in [-0.4, -0.2) is 36.1 Å². The quantitative estimate of drug-likeness (QED) is 0.365. The van der Waals surface area contributed by atoms with E-state index in [0.717, 1.165) is 38.1 Å². The highest BCUT2D eigenvalue weighted by atomic mass is 32.2. The molecular formula is C22H23FN2OS2. The third-order valence-electron chi connectivity index (χ3n) is 4.92. The van der Waals surface area contributed by atoms with Crippen molar-refractivity contribution in [3.8, 4) is 21.7 Å². The maximum Gasteiger partial charge on any atom is 0.123 e. The fourth-order valence-corrected chi connectivity index (χ4v) is 5.24. The summed E-state index contributed by atoms with van der Waals surface area (Å²) in [6.45, 7) is 6.37. The number of hydrogen-bond donors (Lipinski definition) is 0. The Morgan fingerprint density at radius 1 is 1.11 bits per heavy atom. The van der Waals surface area contributed by atoms with Crippen molar-refractivity contribution >= 4 is 23.1 Å². The molecule has 0 fully saturated rings. The van der Waals surface area contributed by atoms with E-state index in [2.05, 4.69) is 37.9 Å². The fourth-order valence-electron chi connectivity index (χ4n) is 3.06. The fraction of sp³-hybridized carbons (Fsp3) is 0.318. The molecule has 0 unspecified atom stereocenters. The Hall–Kier alpha value is -1.73. The highest BCUT2D eigenvalue weighted by molar-refractivity contribution is 7.99. The van der Waals surface area contributed by atoms with Crippen molar-refractivity contribution in [3.05, 3.63) is 53.3 Å². The molecule has 0 N–H and O–H groups in total. The topological polar surface area (TPSA) is 25.4 Å². The lowest BCUT2D eigenvalue weighted by Crippen LogP contribution is -2.29. The summed E-state index contributed by atoms with van der Waals surface area (Å²) in [7, 11) is 2.10. The number of rotatable bonds is 6. The van der Waals surface area contributed by atoms with Gasteiger partial charge in [0.15, 0.2) is 0 Å². The zero-order chi connectivity index (χ0) is 19.7. The number of nitrogens with zero attached hydrogens (tertiary/aromatic N) is 2. The first kappa shape index (κ1) is 19.6. The Morgan fingerprint density at radius 2 is 1.89 bits per heavy atom. The number of benzene rings is 2. The Labute approximate surface area is 173 Å². The van der Waals surface area contributed by atoms with E-state index in [0.29, 0.717) is 19.3 Å². The molecule has 4 rings (SSSR count). The largest absolute Gasteiger partial charge is 0.373 e. The standard InChI is InChI=1S/C22H23FN2OS2/c1-14(2)25(3)10-11-26-13-20-24-21-17-12-15(23)8-9-19(17)27-18-7-5-4-6-16(18)22(21)28-20/h4-9,12,14H,10-11,13H2,1-3H3. The van der Waals surface area contributed by atoms with E-state index >= 15 is 0 Å². The molecule has 6 heteroatoms. The average Bonchev–Trinajstić information content (AvgIpc) is 3.05. The molecule has 1 aliphatic heterocycles. The molecule has 0 radical (unpaired) electrons. The lowest BCUT2D eigenvalue weighted by atomic mass is 10.1. The van der Waals surface area contributed by atoms with Crippen LogP contribution in [0.15, 0.2) is 52.3 Å². The molecule has 0 spiro atoms. The van der Waals surface area contributed by atoms with Gasteiger partial charge in [0, 0.05) is 33.5 Å². The lowest BCUT2D eigenvalue weighted by molar-refractivity contribution is 0.0921. The molecular weight excluding hydrogens is 391 g/mol. The van der Waals surface area contributed by atoms with Crippen molar-refractivity contribution in [1.29, 1.82) is 0 Å². The van der Waals surface area contributed by atoms with Gasteiger partial charge in [0.05, 0.1) is 23.8 Å². The van der Waals surface area contributed by atoms with Crippen molar-refractivity contribution in [2.75, 3.05) is 20.2 Å². The molecule has 146 valence electrons. The maximum atomic E-state index is 14.0. The van der Waals surface area contributed by atoms with Crippen molar-refractivity contribution in [2.24, 2.45) is 0 Å². The first-order valence-electron chi connectivity index (χ1n) is 9.38. The first-order valence-corrected chi connectivity index (χ1v) is 11.0. The minimum atomic E-state index is -0.237. The molecule has 1 aliphatic rings. The van der Waals surface area contributed by atoms with E-state index in [4.69, 9.17) is 9.72 Å². The molecule has 0 aliphatic carbocycles. The Kier molecular flexibility index (Phi) is 5.83. The predicted octanol–water partition coefficient (Wildman–Crippen LogP) is 5.94. The summed E-state index contributed by atoms with van der Waals surface area (Å²) in [6, 6.07) is 13.8. The number of halogens is 1. The molecule has 28 heavy (non-hydrogen) atoms. The van der Waals surface area contributed by atoms with Gasteiger partial charge in [0.2, 0.25) is 0 Å². The van der Waals surface area contributed by atoms with E-state index in [9.17, 15) is 4.39 Å². The second kappa shape index (κ2) is 8.33. The summed E-state index contributed by atoms with van der Waals surface area (Å²) in [5, 5.41) is 0.925. The van der Waals surface area contributed by atoms with Crippen LogP contribution in [0.4, 0.5) is 4.39 Å². The summed E-state index contributed by atoms with van der Waals surface area (Å²) < 4.78 is 19.9. The van der Waals surface area contributed by atoms with Gasteiger partial charge in [-0.05, 0) is 45.2 Å². The van der Waals surface area contributed by atoms with Crippen LogP contribution < -0.4 is 0 Å². The van der Waals surface area contributed by atoms with Crippen LogP contribution in [0.2, 0.25) is 0 Å². The van der Waals surface area contributed by atoms with Crippen molar-refractivity contribution < 1.29 is 9.13 Å². The third kappa shape index (κ3) is 4.01. The second-order valence-corrected chi connectivity index (χ2v) is 9.32. The number of ether oxygens (including phenoxy) is 1. The molecule has 2 heterocycles. The third-order valence-corrected chi connectivity index (χ3v) is 7.13. The maximum absolute atomic E-state index is 14.0. The Bertz CT molecular complexity index is 986. The summed E-state index contributed by atoms with van der Waals surface area (Å²) in [4.78, 5) is 10.4. The van der Waals surface area contributed by atoms with Gasteiger partial charge in [-0.2, -0.15) is 0 Å². The van der Waals surface area contributed by atoms with E-state index in [1.807, 2.05) is 18.2 Å². The second-order valence-electron chi connectivity index (χ2n) is 7.15. The highest BCUT2D eigenvalue weighted by Crippen LogP contribution is 2.49. The number of likely N-dealkylation sites (N-methyl/N-ethyl adjacent to an activating group) is 1. The smallest absolute Gasteiger partial charge is 0.123 e. The lowest BCUT2D eigenvalue weighted by Gasteiger charge is -2.20. The highest BCUT2D eigenvalue weighted by Gasteiger charge is 2.24. The Morgan fingerprint density at radius 3 is 2.71 bits per heavy atom. The van der Waals surface area contributed by atoms with Gasteiger partial charge >= 0.3 is 0 Å². The van der Waals surface area contributed by atoms with Crippen molar-refractivity contribution in [3.63, 3.8) is 0 Å². The van der Waals surface area contributed by atoms with Crippen LogP contribution >= 0.6 is 23.1 Å². The molecule has 0 saturated carbocycles. The normalized spacial score (nSPS) is 12.6. The van der Waals surface area contributed by atoms with Gasteiger partial charge in [0.1, 0.15) is 10.8 Å². The number of thiazole rings is 1. The predicted molar refractivity (Wildman–Crippen MR) is 114 cm³/mol. The van der Waals surface area contributed by atoms with Gasteiger partial charge in [-0.25, -0.2) is 9.37 Å². The van der Waals surface area contributed by atoms with Crippen LogP contribution in [0.1, 0.15) is 18.9 Å². The van der Waals surface area contributed by atoms with E-state index in [1.165, 1.54) is 11.0 Å². The minimum Gasteiger partial charge on any atom is -0.373 e. The molecule has 0 saturated heterocycles. The van der Waals surface area contributed by atoms with Crippen molar-refractivity contribution in [1.82, 2.24) is 9.88 Å². The average molecular weight is 415 g/mol. The van der Waals surface area contributed by atoms with Gasteiger partial charge in [-0.1, -0.05) is 30.0 Å². The zero-order valence-corrected chi connectivity index (χ0v) is 17.9. The molecule has 1 aromatic heterocycles.